The van der Waals surface area contributed by atoms with Crippen molar-refractivity contribution in [1.82, 2.24) is 0 Å². The van der Waals surface area contributed by atoms with Gasteiger partial charge in [0.1, 0.15) is 6.04 Å². The molecule has 1 aliphatic heterocycles. The number of fused-ring (bicyclic) bond motifs is 1. The zero-order chi connectivity index (χ0) is 12.6. The molecule has 1 aromatic rings. The SMILES string of the molecule is CC(C(N)=O)N1C(=O)CSc2cc(N)ccc21. The maximum absolute atomic E-state index is 11.9. The quantitative estimate of drug-likeness (QED) is 0.752. The lowest BCUT2D eigenvalue weighted by Crippen LogP contribution is -2.48. The van der Waals surface area contributed by atoms with Crippen LogP contribution in [-0.2, 0) is 9.59 Å². The van der Waals surface area contributed by atoms with Crippen LogP contribution in [0.1, 0.15) is 6.92 Å². The molecule has 0 bridgehead atoms. The van der Waals surface area contributed by atoms with Crippen LogP contribution in [0.2, 0.25) is 0 Å². The van der Waals surface area contributed by atoms with E-state index in [1.807, 2.05) is 0 Å². The van der Waals surface area contributed by atoms with Crippen molar-refractivity contribution in [2.24, 2.45) is 5.73 Å². The van der Waals surface area contributed by atoms with E-state index in [0.717, 1.165) is 4.90 Å². The molecule has 1 aromatic carbocycles. The van der Waals surface area contributed by atoms with Gasteiger partial charge < -0.3 is 11.5 Å². The predicted molar refractivity (Wildman–Crippen MR) is 67.7 cm³/mol. The van der Waals surface area contributed by atoms with E-state index in [1.165, 1.54) is 16.7 Å². The van der Waals surface area contributed by atoms with E-state index >= 15 is 0 Å². The number of nitrogens with zero attached hydrogens (tertiary/aromatic N) is 1. The largest absolute Gasteiger partial charge is 0.399 e. The van der Waals surface area contributed by atoms with Crippen LogP contribution in [0.3, 0.4) is 0 Å². The molecule has 90 valence electrons. The molecule has 0 fully saturated rings. The number of amides is 2. The minimum atomic E-state index is -0.647. The van der Waals surface area contributed by atoms with E-state index in [4.69, 9.17) is 11.5 Å². The fraction of sp³-hybridized carbons (Fsp3) is 0.273. The van der Waals surface area contributed by atoms with Crippen LogP contribution < -0.4 is 16.4 Å². The summed E-state index contributed by atoms with van der Waals surface area (Å²) in [5.74, 6) is -0.333. The number of primary amides is 1. The lowest BCUT2D eigenvalue weighted by Gasteiger charge is -2.32. The van der Waals surface area contributed by atoms with E-state index < -0.39 is 11.9 Å². The van der Waals surface area contributed by atoms with Gasteiger partial charge in [0.25, 0.3) is 0 Å². The first-order chi connectivity index (χ1) is 8.00. The second-order valence-electron chi connectivity index (χ2n) is 3.86. The van der Waals surface area contributed by atoms with Crippen LogP contribution in [0.15, 0.2) is 23.1 Å². The Hall–Kier alpha value is -1.69. The number of nitrogens with two attached hydrogens (primary N) is 2. The van der Waals surface area contributed by atoms with E-state index in [1.54, 1.807) is 25.1 Å². The molecule has 2 rings (SSSR count). The number of carbonyl (C=O) groups excluding carboxylic acids is 2. The number of thioether (sulfide) groups is 1. The van der Waals surface area contributed by atoms with E-state index in [9.17, 15) is 9.59 Å². The van der Waals surface area contributed by atoms with Crippen LogP contribution in [-0.4, -0.2) is 23.6 Å². The number of benzene rings is 1. The summed E-state index contributed by atoms with van der Waals surface area (Å²) in [4.78, 5) is 25.4. The van der Waals surface area contributed by atoms with Crippen molar-refractivity contribution < 1.29 is 9.59 Å². The second kappa shape index (κ2) is 4.29. The number of anilines is 2. The van der Waals surface area contributed by atoms with Crippen molar-refractivity contribution in [1.29, 1.82) is 0 Å². The molecular weight excluding hydrogens is 238 g/mol. The van der Waals surface area contributed by atoms with Gasteiger partial charge in [-0.15, -0.1) is 11.8 Å². The predicted octanol–water partition coefficient (Wildman–Crippen LogP) is 0.581. The molecule has 0 aliphatic carbocycles. The zero-order valence-electron chi connectivity index (χ0n) is 9.34. The number of hydrogen-bond donors (Lipinski definition) is 2. The molecule has 1 unspecified atom stereocenters. The Morgan fingerprint density at radius 2 is 2.24 bits per heavy atom. The molecule has 2 amide bonds. The van der Waals surface area contributed by atoms with Crippen molar-refractivity contribution in [3.05, 3.63) is 18.2 Å². The number of carbonyl (C=O) groups is 2. The van der Waals surface area contributed by atoms with Crippen LogP contribution in [0.5, 0.6) is 0 Å². The number of hydrogen-bond acceptors (Lipinski definition) is 4. The van der Waals surface area contributed by atoms with Gasteiger partial charge in [-0.2, -0.15) is 0 Å². The van der Waals surface area contributed by atoms with Crippen LogP contribution in [0.4, 0.5) is 11.4 Å². The summed E-state index contributed by atoms with van der Waals surface area (Å²) in [5.41, 5.74) is 12.3. The first-order valence-electron chi connectivity index (χ1n) is 5.14. The summed E-state index contributed by atoms with van der Waals surface area (Å²) in [6.07, 6.45) is 0. The van der Waals surface area contributed by atoms with Gasteiger partial charge >= 0.3 is 0 Å². The molecule has 5 nitrogen and oxygen atoms in total. The van der Waals surface area contributed by atoms with Crippen LogP contribution in [0.25, 0.3) is 0 Å². The number of nitrogen functional groups attached to an aromatic ring is 1. The maximum atomic E-state index is 11.9. The molecule has 0 spiro atoms. The van der Waals surface area contributed by atoms with Gasteiger partial charge in [0.05, 0.1) is 11.4 Å². The minimum Gasteiger partial charge on any atom is -0.399 e. The van der Waals surface area contributed by atoms with Gasteiger partial charge in [-0.3, -0.25) is 14.5 Å². The van der Waals surface area contributed by atoms with Crippen molar-refractivity contribution in [2.45, 2.75) is 17.9 Å². The smallest absolute Gasteiger partial charge is 0.240 e. The van der Waals surface area contributed by atoms with Gasteiger partial charge in [-0.25, -0.2) is 0 Å². The van der Waals surface area contributed by atoms with E-state index in [-0.39, 0.29) is 5.91 Å². The molecule has 0 saturated heterocycles. The summed E-state index contributed by atoms with van der Waals surface area (Å²) < 4.78 is 0. The van der Waals surface area contributed by atoms with Crippen LogP contribution >= 0.6 is 11.8 Å². The van der Waals surface area contributed by atoms with Gasteiger partial charge in [0.2, 0.25) is 11.8 Å². The van der Waals surface area contributed by atoms with Crippen molar-refractivity contribution >= 4 is 35.0 Å². The highest BCUT2D eigenvalue weighted by Gasteiger charge is 2.31. The minimum absolute atomic E-state index is 0.112. The lowest BCUT2D eigenvalue weighted by molar-refractivity contribution is -0.123. The molecule has 0 radical (unpaired) electrons. The Morgan fingerprint density at radius 1 is 1.53 bits per heavy atom. The van der Waals surface area contributed by atoms with Gasteiger partial charge in [0, 0.05) is 10.6 Å². The second-order valence-corrected chi connectivity index (χ2v) is 4.88. The normalized spacial score (nSPS) is 16.5. The first kappa shape index (κ1) is 11.8. The molecule has 1 aliphatic rings. The third-order valence-corrected chi connectivity index (χ3v) is 3.69. The Bertz CT molecular complexity index is 490. The monoisotopic (exact) mass is 251 g/mol. The zero-order valence-corrected chi connectivity index (χ0v) is 10.2. The molecule has 1 heterocycles. The third kappa shape index (κ3) is 2.08. The highest BCUT2D eigenvalue weighted by atomic mass is 32.2. The summed E-state index contributed by atoms with van der Waals surface area (Å²) in [6.45, 7) is 1.62. The maximum Gasteiger partial charge on any atom is 0.240 e. The lowest BCUT2D eigenvalue weighted by atomic mass is 10.2. The molecule has 0 saturated carbocycles. The average molecular weight is 251 g/mol. The Kier molecular flexibility index (Phi) is 2.97. The third-order valence-electron chi connectivity index (χ3n) is 2.66. The van der Waals surface area contributed by atoms with E-state index in [2.05, 4.69) is 0 Å². The van der Waals surface area contributed by atoms with Crippen molar-refractivity contribution in [3.8, 4) is 0 Å². The molecule has 17 heavy (non-hydrogen) atoms. The first-order valence-corrected chi connectivity index (χ1v) is 6.13. The fourth-order valence-electron chi connectivity index (χ4n) is 1.74. The Balaban J connectivity index is 2.47. The van der Waals surface area contributed by atoms with Crippen molar-refractivity contribution in [3.63, 3.8) is 0 Å². The molecule has 1 atom stereocenters. The Morgan fingerprint density at radius 3 is 2.88 bits per heavy atom. The molecule has 6 heteroatoms. The summed E-state index contributed by atoms with van der Waals surface area (Å²) in [7, 11) is 0. The van der Waals surface area contributed by atoms with E-state index in [0.29, 0.717) is 17.1 Å². The van der Waals surface area contributed by atoms with Crippen LogP contribution in [0, 0.1) is 0 Å². The molecular formula is C11H13N3O2S. The molecule has 4 N–H and O–H groups in total. The Labute approximate surface area is 103 Å². The average Bonchev–Trinajstić information content (AvgIpc) is 2.28. The van der Waals surface area contributed by atoms with Gasteiger partial charge in [0.15, 0.2) is 0 Å². The standard InChI is InChI=1S/C11H13N3O2S/c1-6(11(13)16)14-8-3-2-7(12)4-9(8)17-5-10(14)15/h2-4,6H,5,12H2,1H3,(H2,13,16). The highest BCUT2D eigenvalue weighted by molar-refractivity contribution is 8.00. The summed E-state index contributed by atoms with van der Waals surface area (Å²) in [6, 6.07) is 4.60. The summed E-state index contributed by atoms with van der Waals surface area (Å²) in [5, 5.41) is 0. The topological polar surface area (TPSA) is 89.4 Å². The van der Waals surface area contributed by atoms with Gasteiger partial charge in [-0.1, -0.05) is 0 Å². The highest BCUT2D eigenvalue weighted by Crippen LogP contribution is 2.37. The summed E-state index contributed by atoms with van der Waals surface area (Å²) >= 11 is 1.42. The fourth-order valence-corrected chi connectivity index (χ4v) is 2.69. The molecule has 0 aromatic heterocycles. The number of rotatable bonds is 2. The van der Waals surface area contributed by atoms with Crippen molar-refractivity contribution in [2.75, 3.05) is 16.4 Å². The van der Waals surface area contributed by atoms with Gasteiger partial charge in [-0.05, 0) is 25.1 Å².